The molecule has 1 aliphatic carbocycles. The van der Waals surface area contributed by atoms with Crippen molar-refractivity contribution in [1.82, 2.24) is 15.5 Å². The summed E-state index contributed by atoms with van der Waals surface area (Å²) in [6.07, 6.45) is 2.47. The van der Waals surface area contributed by atoms with Gasteiger partial charge in [0.1, 0.15) is 0 Å². The van der Waals surface area contributed by atoms with Crippen molar-refractivity contribution >= 4 is 12.0 Å². The van der Waals surface area contributed by atoms with Crippen molar-refractivity contribution in [1.29, 1.82) is 0 Å². The van der Waals surface area contributed by atoms with Crippen LogP contribution in [0.4, 0.5) is 4.79 Å². The summed E-state index contributed by atoms with van der Waals surface area (Å²) in [7, 11) is 0. The molecule has 20 heavy (non-hydrogen) atoms. The molecule has 0 spiro atoms. The van der Waals surface area contributed by atoms with Crippen LogP contribution in [0.1, 0.15) is 33.1 Å². The van der Waals surface area contributed by atoms with Gasteiger partial charge in [0.15, 0.2) is 0 Å². The predicted octanol–water partition coefficient (Wildman–Crippen LogP) is 1.19. The van der Waals surface area contributed by atoms with E-state index in [2.05, 4.69) is 17.2 Å². The number of hydrogen-bond acceptors (Lipinski definition) is 3. The molecule has 3 N–H and O–H groups in total. The Morgan fingerprint density at radius 3 is 2.50 bits per heavy atom. The molecule has 0 aromatic carbocycles. The third-order valence-corrected chi connectivity index (χ3v) is 3.71. The molecule has 0 aromatic heterocycles. The lowest BCUT2D eigenvalue weighted by molar-refractivity contribution is -0.139. The molecular formula is C14H25N3O3. The monoisotopic (exact) mass is 283 g/mol. The lowest BCUT2D eigenvalue weighted by Crippen LogP contribution is -2.56. The first kappa shape index (κ1) is 16.5. The van der Waals surface area contributed by atoms with Crippen LogP contribution in [-0.4, -0.2) is 53.7 Å². The molecule has 2 amide bonds. The highest BCUT2D eigenvalue weighted by molar-refractivity contribution is 5.74. The number of urea groups is 1. The number of amides is 2. The van der Waals surface area contributed by atoms with Gasteiger partial charge in [0.2, 0.25) is 0 Å². The lowest BCUT2D eigenvalue weighted by Gasteiger charge is -2.42. The number of nitrogens with one attached hydrogen (secondary N) is 2. The lowest BCUT2D eigenvalue weighted by atomic mass is 9.85. The van der Waals surface area contributed by atoms with Crippen molar-refractivity contribution in [2.75, 3.05) is 19.6 Å². The number of carboxylic acids is 1. The average Bonchev–Trinajstić information content (AvgIpc) is 2.37. The molecule has 0 aromatic rings. The third kappa shape index (κ3) is 5.21. The fourth-order valence-corrected chi connectivity index (χ4v) is 2.24. The fourth-order valence-electron chi connectivity index (χ4n) is 2.24. The van der Waals surface area contributed by atoms with E-state index in [1.807, 2.05) is 18.7 Å². The predicted molar refractivity (Wildman–Crippen MR) is 77.7 cm³/mol. The maximum absolute atomic E-state index is 11.6. The molecule has 1 saturated carbocycles. The largest absolute Gasteiger partial charge is 0.480 e. The molecule has 6 heteroatoms. The van der Waals surface area contributed by atoms with Crippen LogP contribution < -0.4 is 10.6 Å². The topological polar surface area (TPSA) is 81.7 Å². The molecule has 0 saturated heterocycles. The molecule has 1 aliphatic rings. The summed E-state index contributed by atoms with van der Waals surface area (Å²) in [5.74, 6) is -0.806. The zero-order valence-electron chi connectivity index (χ0n) is 12.3. The number of aliphatic carboxylic acids is 1. The first-order chi connectivity index (χ1) is 9.46. The van der Waals surface area contributed by atoms with Gasteiger partial charge in [-0.15, -0.1) is 0 Å². The molecule has 0 unspecified atom stereocenters. The van der Waals surface area contributed by atoms with Crippen LogP contribution in [0.15, 0.2) is 12.2 Å². The normalized spacial score (nSPS) is 21.1. The Hall–Kier alpha value is -1.56. The van der Waals surface area contributed by atoms with Crippen LogP contribution in [0, 0.1) is 0 Å². The second kappa shape index (κ2) is 7.89. The van der Waals surface area contributed by atoms with Crippen molar-refractivity contribution < 1.29 is 14.7 Å². The Kier molecular flexibility index (Phi) is 6.51. The van der Waals surface area contributed by atoms with E-state index in [9.17, 15) is 9.59 Å². The fraction of sp³-hybridized carbons (Fsp3) is 0.714. The summed E-state index contributed by atoms with van der Waals surface area (Å²) in [5, 5.41) is 14.5. The van der Waals surface area contributed by atoms with Crippen molar-refractivity contribution in [2.24, 2.45) is 0 Å². The highest BCUT2D eigenvalue weighted by atomic mass is 16.4. The van der Waals surface area contributed by atoms with Gasteiger partial charge in [0.05, 0.1) is 6.54 Å². The van der Waals surface area contributed by atoms with Gasteiger partial charge in [-0.2, -0.15) is 0 Å². The summed E-state index contributed by atoms with van der Waals surface area (Å²) in [6, 6.07) is 0.217. The summed E-state index contributed by atoms with van der Waals surface area (Å²) in [4.78, 5) is 24.3. The number of nitrogens with zero attached hydrogens (tertiary/aromatic N) is 1. The van der Waals surface area contributed by atoms with Gasteiger partial charge in [-0.3, -0.25) is 9.69 Å². The molecule has 0 radical (unpaired) electrons. The number of hydrogen-bond donors (Lipinski definition) is 3. The zero-order valence-corrected chi connectivity index (χ0v) is 12.3. The number of rotatable bonds is 8. The van der Waals surface area contributed by atoms with E-state index in [4.69, 9.17) is 5.11 Å². The van der Waals surface area contributed by atoms with E-state index in [-0.39, 0.29) is 24.7 Å². The molecule has 1 fully saturated rings. The SMILES string of the molecule is C=C(CC)CNC(=O)NC1CC(N(CC)CC(=O)O)C1. The van der Waals surface area contributed by atoms with Gasteiger partial charge < -0.3 is 15.7 Å². The standard InChI is InChI=1S/C14H25N3O3/c1-4-10(3)8-15-14(20)16-11-6-12(7-11)17(5-2)9-13(18)19/h11-12H,3-9H2,1-2H3,(H,18,19)(H2,15,16,20). The Morgan fingerprint density at radius 2 is 2.00 bits per heavy atom. The third-order valence-electron chi connectivity index (χ3n) is 3.71. The Morgan fingerprint density at radius 1 is 1.35 bits per heavy atom. The number of carbonyl (C=O) groups excluding carboxylic acids is 1. The average molecular weight is 283 g/mol. The number of carboxylic acid groups (broad SMARTS) is 1. The second-order valence-electron chi connectivity index (χ2n) is 5.21. The molecule has 0 aliphatic heterocycles. The van der Waals surface area contributed by atoms with E-state index < -0.39 is 5.97 Å². The summed E-state index contributed by atoms with van der Waals surface area (Å²) >= 11 is 0. The van der Waals surface area contributed by atoms with Crippen LogP contribution in [0.25, 0.3) is 0 Å². The van der Waals surface area contributed by atoms with E-state index in [1.165, 1.54) is 0 Å². The summed E-state index contributed by atoms with van der Waals surface area (Å²) in [6.45, 7) is 9.06. The smallest absolute Gasteiger partial charge is 0.317 e. The molecule has 114 valence electrons. The van der Waals surface area contributed by atoms with Gasteiger partial charge in [-0.1, -0.05) is 26.0 Å². The van der Waals surface area contributed by atoms with Crippen LogP contribution in [0.2, 0.25) is 0 Å². The van der Waals surface area contributed by atoms with Crippen molar-refractivity contribution in [3.8, 4) is 0 Å². The first-order valence-electron chi connectivity index (χ1n) is 7.13. The van der Waals surface area contributed by atoms with Crippen molar-refractivity contribution in [3.05, 3.63) is 12.2 Å². The Bertz CT molecular complexity index is 365. The van der Waals surface area contributed by atoms with E-state index in [1.54, 1.807) is 0 Å². The van der Waals surface area contributed by atoms with Gasteiger partial charge in [-0.25, -0.2) is 4.79 Å². The van der Waals surface area contributed by atoms with E-state index >= 15 is 0 Å². The quantitative estimate of drug-likeness (QED) is 0.584. The highest BCUT2D eigenvalue weighted by Crippen LogP contribution is 2.25. The maximum Gasteiger partial charge on any atom is 0.317 e. The minimum Gasteiger partial charge on any atom is -0.480 e. The number of likely N-dealkylation sites (N-methyl/N-ethyl adjacent to an activating group) is 1. The highest BCUT2D eigenvalue weighted by Gasteiger charge is 2.34. The minimum atomic E-state index is -0.806. The van der Waals surface area contributed by atoms with Crippen molar-refractivity contribution in [2.45, 2.75) is 45.2 Å². The Labute approximate surface area is 120 Å². The van der Waals surface area contributed by atoms with Crippen LogP contribution in [-0.2, 0) is 4.79 Å². The summed E-state index contributed by atoms with van der Waals surface area (Å²) in [5.41, 5.74) is 0.991. The van der Waals surface area contributed by atoms with E-state index in [0.29, 0.717) is 13.1 Å². The van der Waals surface area contributed by atoms with Gasteiger partial charge in [0.25, 0.3) is 0 Å². The Balaban J connectivity index is 2.22. The van der Waals surface area contributed by atoms with Crippen LogP contribution in [0.5, 0.6) is 0 Å². The van der Waals surface area contributed by atoms with Gasteiger partial charge in [-0.05, 0) is 25.8 Å². The molecule has 0 bridgehead atoms. The van der Waals surface area contributed by atoms with Crippen molar-refractivity contribution in [3.63, 3.8) is 0 Å². The zero-order chi connectivity index (χ0) is 15.1. The molecule has 0 atom stereocenters. The van der Waals surface area contributed by atoms with Crippen LogP contribution in [0.3, 0.4) is 0 Å². The minimum absolute atomic E-state index is 0.0659. The molecular weight excluding hydrogens is 258 g/mol. The summed E-state index contributed by atoms with van der Waals surface area (Å²) < 4.78 is 0. The second-order valence-corrected chi connectivity index (χ2v) is 5.21. The van der Waals surface area contributed by atoms with Gasteiger partial charge >= 0.3 is 12.0 Å². The van der Waals surface area contributed by atoms with Crippen LogP contribution >= 0.6 is 0 Å². The first-order valence-corrected chi connectivity index (χ1v) is 7.13. The number of carbonyl (C=O) groups is 2. The van der Waals surface area contributed by atoms with E-state index in [0.717, 1.165) is 24.8 Å². The molecule has 6 nitrogen and oxygen atoms in total. The molecule has 1 rings (SSSR count). The maximum atomic E-state index is 11.6. The molecule has 0 heterocycles. The van der Waals surface area contributed by atoms with Gasteiger partial charge in [0, 0.05) is 18.6 Å².